The number of benzene rings is 2. The third-order valence-electron chi connectivity index (χ3n) is 6.30. The highest BCUT2D eigenvalue weighted by Gasteiger charge is 2.37. The smallest absolute Gasteiger partial charge is 0.262 e. The van der Waals surface area contributed by atoms with Gasteiger partial charge >= 0.3 is 0 Å². The predicted octanol–water partition coefficient (Wildman–Crippen LogP) is 3.61. The Bertz CT molecular complexity index is 1270. The van der Waals surface area contributed by atoms with Gasteiger partial charge in [0.25, 0.3) is 11.8 Å². The number of aryl methyl sites for hydroxylation is 1. The lowest BCUT2D eigenvalue weighted by Gasteiger charge is -2.28. The van der Waals surface area contributed by atoms with E-state index >= 15 is 0 Å². The lowest BCUT2D eigenvalue weighted by Crippen LogP contribution is -2.44. The molecule has 0 saturated carbocycles. The number of halogens is 1. The van der Waals surface area contributed by atoms with Crippen LogP contribution in [0.2, 0.25) is 5.02 Å². The number of amides is 3. The van der Waals surface area contributed by atoms with E-state index in [9.17, 15) is 14.4 Å². The molecule has 1 aromatic heterocycles. The topological polar surface area (TPSA) is 83.0 Å². The number of nitrogens with zero attached hydrogens (tertiary/aromatic N) is 4. The monoisotopic (exact) mass is 512 g/mol. The maximum atomic E-state index is 13.5. The average Bonchev–Trinajstić information content (AvgIpc) is 3.38. The Morgan fingerprint density at radius 3 is 2.51 bits per heavy atom. The molecule has 0 atom stereocenters. The first kappa shape index (κ1) is 23.9. The van der Waals surface area contributed by atoms with Gasteiger partial charge in [0.1, 0.15) is 6.54 Å². The second-order valence-electron chi connectivity index (χ2n) is 8.66. The lowest BCUT2D eigenvalue weighted by molar-refractivity contribution is -0.119. The van der Waals surface area contributed by atoms with Crippen molar-refractivity contribution in [3.05, 3.63) is 58.1 Å². The second kappa shape index (κ2) is 10.0. The van der Waals surface area contributed by atoms with Crippen molar-refractivity contribution < 1.29 is 19.1 Å². The van der Waals surface area contributed by atoms with Gasteiger partial charge in [-0.2, -0.15) is 0 Å². The average molecular weight is 513 g/mol. The first-order valence-corrected chi connectivity index (χ1v) is 12.7. The number of aromatic nitrogens is 1. The molecule has 3 heterocycles. The van der Waals surface area contributed by atoms with Crippen LogP contribution < -0.4 is 4.90 Å². The van der Waals surface area contributed by atoms with Gasteiger partial charge in [-0.05, 0) is 43.2 Å². The summed E-state index contributed by atoms with van der Waals surface area (Å²) in [5.74, 6) is -1.23. The van der Waals surface area contributed by atoms with Crippen molar-refractivity contribution in [2.45, 2.75) is 13.3 Å². The van der Waals surface area contributed by atoms with Crippen molar-refractivity contribution in [3.63, 3.8) is 0 Å². The number of rotatable bonds is 7. The number of anilines is 1. The summed E-state index contributed by atoms with van der Waals surface area (Å²) in [4.78, 5) is 48.9. The number of ether oxygens (including phenoxy) is 1. The highest BCUT2D eigenvalue weighted by molar-refractivity contribution is 7.22. The van der Waals surface area contributed by atoms with E-state index in [1.165, 1.54) is 11.3 Å². The molecule has 0 aliphatic carbocycles. The van der Waals surface area contributed by atoms with E-state index < -0.39 is 11.8 Å². The fraction of sp³-hybridized carbons (Fsp3) is 0.360. The summed E-state index contributed by atoms with van der Waals surface area (Å²) >= 11 is 7.62. The number of hydrogen-bond donors (Lipinski definition) is 0. The zero-order chi connectivity index (χ0) is 24.5. The maximum absolute atomic E-state index is 13.5. The number of fused-ring (bicyclic) bond motifs is 2. The van der Waals surface area contributed by atoms with Gasteiger partial charge in [-0.15, -0.1) is 0 Å². The van der Waals surface area contributed by atoms with Crippen LogP contribution in [0.3, 0.4) is 0 Å². The molecule has 35 heavy (non-hydrogen) atoms. The highest BCUT2D eigenvalue weighted by atomic mass is 35.5. The van der Waals surface area contributed by atoms with Crippen molar-refractivity contribution >= 4 is 56.0 Å². The molecule has 3 aromatic rings. The van der Waals surface area contributed by atoms with Crippen LogP contribution in [0.5, 0.6) is 0 Å². The molecule has 2 aliphatic heterocycles. The fourth-order valence-electron chi connectivity index (χ4n) is 4.47. The standard InChI is InChI=1S/C25H25ClN4O4S/c1-16-13-17(26)14-20-22(16)27-25(35-20)29(8-4-7-28-9-11-34-12-10-28)21(31)15-30-23(32)18-5-2-3-6-19(18)24(30)33/h2-3,5-6,13-14H,4,7-12,15H2,1H3. The number of morpholine rings is 1. The SMILES string of the molecule is Cc1cc(Cl)cc2sc(N(CCCN3CCOCC3)C(=O)CN3C(=O)c4ccccc4C3=O)nc12. The van der Waals surface area contributed by atoms with Crippen LogP contribution in [0.1, 0.15) is 32.7 Å². The van der Waals surface area contributed by atoms with Crippen molar-refractivity contribution in [1.82, 2.24) is 14.8 Å². The third-order valence-corrected chi connectivity index (χ3v) is 7.55. The van der Waals surface area contributed by atoms with Gasteiger partial charge in [-0.1, -0.05) is 35.1 Å². The Morgan fingerprint density at radius 2 is 1.83 bits per heavy atom. The largest absolute Gasteiger partial charge is 0.379 e. The Morgan fingerprint density at radius 1 is 1.14 bits per heavy atom. The molecule has 2 aromatic carbocycles. The lowest BCUT2D eigenvalue weighted by atomic mass is 10.1. The van der Waals surface area contributed by atoms with E-state index in [0.29, 0.717) is 41.0 Å². The normalized spacial score (nSPS) is 16.2. The minimum absolute atomic E-state index is 0.328. The Kier molecular flexibility index (Phi) is 6.84. The number of carbonyl (C=O) groups is 3. The summed E-state index contributed by atoms with van der Waals surface area (Å²) in [7, 11) is 0. The maximum Gasteiger partial charge on any atom is 0.262 e. The highest BCUT2D eigenvalue weighted by Crippen LogP contribution is 2.33. The van der Waals surface area contributed by atoms with Gasteiger partial charge in [-0.25, -0.2) is 4.98 Å². The minimum Gasteiger partial charge on any atom is -0.379 e. The summed E-state index contributed by atoms with van der Waals surface area (Å²) < 4.78 is 6.30. The Hall–Kier alpha value is -2.85. The molecule has 0 unspecified atom stereocenters. The van der Waals surface area contributed by atoms with Crippen LogP contribution in [-0.2, 0) is 9.53 Å². The summed E-state index contributed by atoms with van der Waals surface area (Å²) in [5, 5.41) is 1.15. The van der Waals surface area contributed by atoms with Crippen molar-refractivity contribution in [3.8, 4) is 0 Å². The van der Waals surface area contributed by atoms with Gasteiger partial charge in [-0.3, -0.25) is 29.1 Å². The van der Waals surface area contributed by atoms with E-state index in [1.807, 2.05) is 19.1 Å². The van der Waals surface area contributed by atoms with Crippen LogP contribution >= 0.6 is 22.9 Å². The first-order valence-electron chi connectivity index (χ1n) is 11.5. The van der Waals surface area contributed by atoms with Gasteiger partial charge in [0.05, 0.1) is 34.6 Å². The molecule has 182 valence electrons. The van der Waals surface area contributed by atoms with E-state index in [-0.39, 0.29) is 12.5 Å². The van der Waals surface area contributed by atoms with E-state index in [2.05, 4.69) is 4.90 Å². The third kappa shape index (κ3) is 4.81. The zero-order valence-corrected chi connectivity index (χ0v) is 20.9. The molecule has 10 heteroatoms. The van der Waals surface area contributed by atoms with E-state index in [0.717, 1.165) is 46.7 Å². The number of hydrogen-bond acceptors (Lipinski definition) is 7. The van der Waals surface area contributed by atoms with Crippen LogP contribution in [0.25, 0.3) is 10.2 Å². The van der Waals surface area contributed by atoms with Crippen molar-refractivity contribution in [1.29, 1.82) is 0 Å². The molecular formula is C25H25ClN4O4S. The quantitative estimate of drug-likeness (QED) is 0.450. The molecule has 0 N–H and O–H groups in total. The van der Waals surface area contributed by atoms with Gasteiger partial charge in [0, 0.05) is 31.2 Å². The van der Waals surface area contributed by atoms with E-state index in [1.54, 1.807) is 29.2 Å². The van der Waals surface area contributed by atoms with E-state index in [4.69, 9.17) is 21.3 Å². The fourth-order valence-corrected chi connectivity index (χ4v) is 5.93. The molecule has 0 spiro atoms. The molecular weight excluding hydrogens is 488 g/mol. The van der Waals surface area contributed by atoms with Gasteiger partial charge in [0.2, 0.25) is 5.91 Å². The van der Waals surface area contributed by atoms with Crippen LogP contribution in [0.4, 0.5) is 5.13 Å². The Balaban J connectivity index is 1.38. The summed E-state index contributed by atoms with van der Waals surface area (Å²) in [6.45, 7) is 5.98. The van der Waals surface area contributed by atoms with Gasteiger partial charge < -0.3 is 4.74 Å². The first-order chi connectivity index (χ1) is 16.9. The molecule has 5 rings (SSSR count). The Labute approximate surface area is 212 Å². The molecule has 8 nitrogen and oxygen atoms in total. The second-order valence-corrected chi connectivity index (χ2v) is 10.1. The summed E-state index contributed by atoms with van der Waals surface area (Å²) in [6, 6.07) is 10.3. The number of thiazole rings is 1. The zero-order valence-electron chi connectivity index (χ0n) is 19.3. The molecule has 1 saturated heterocycles. The van der Waals surface area contributed by atoms with Crippen LogP contribution in [0, 0.1) is 6.92 Å². The molecule has 3 amide bonds. The summed E-state index contributed by atoms with van der Waals surface area (Å²) in [5.41, 5.74) is 2.38. The van der Waals surface area contributed by atoms with Crippen molar-refractivity contribution in [2.24, 2.45) is 0 Å². The number of imide groups is 1. The predicted molar refractivity (Wildman–Crippen MR) is 135 cm³/mol. The molecule has 2 aliphatic rings. The van der Waals surface area contributed by atoms with Crippen LogP contribution in [0.15, 0.2) is 36.4 Å². The van der Waals surface area contributed by atoms with Gasteiger partial charge in [0.15, 0.2) is 5.13 Å². The summed E-state index contributed by atoms with van der Waals surface area (Å²) in [6.07, 6.45) is 0.726. The molecule has 0 radical (unpaired) electrons. The molecule has 1 fully saturated rings. The van der Waals surface area contributed by atoms with Crippen LogP contribution in [-0.4, -0.2) is 78.4 Å². The van der Waals surface area contributed by atoms with Crippen molar-refractivity contribution in [2.75, 3.05) is 50.8 Å². The number of carbonyl (C=O) groups excluding carboxylic acids is 3. The molecule has 0 bridgehead atoms. The minimum atomic E-state index is -0.445.